The summed E-state index contributed by atoms with van der Waals surface area (Å²) in [6, 6.07) is 15.3. The molecule has 1 aliphatic rings. The standard InChI is InChI=1S/C22H26N4O2/c1-17-10-11-21(28-17)19-16-20(26(24-19)18-8-4-2-5-9-18)22(27)23-12-15-25-13-6-3-7-14-25/h2,4-5,8-11,16H,3,6-7,12-15H2,1H3,(H,23,27). The molecule has 1 amide bonds. The number of aromatic nitrogens is 2. The van der Waals surface area contributed by atoms with E-state index in [9.17, 15) is 4.79 Å². The zero-order valence-electron chi connectivity index (χ0n) is 16.2. The molecule has 0 aliphatic carbocycles. The normalized spacial score (nSPS) is 14.9. The SMILES string of the molecule is Cc1ccc(-c2cc(C(=O)NCCN3CCCCC3)n(-c3ccccc3)n2)o1. The molecule has 0 bridgehead atoms. The van der Waals surface area contributed by atoms with Crippen molar-refractivity contribution in [2.75, 3.05) is 26.2 Å². The lowest BCUT2D eigenvalue weighted by molar-refractivity contribution is 0.0939. The predicted molar refractivity (Wildman–Crippen MR) is 109 cm³/mol. The molecule has 0 unspecified atom stereocenters. The van der Waals surface area contributed by atoms with E-state index >= 15 is 0 Å². The summed E-state index contributed by atoms with van der Waals surface area (Å²) in [5, 5.41) is 7.69. The Morgan fingerprint density at radius 1 is 1.11 bits per heavy atom. The summed E-state index contributed by atoms with van der Waals surface area (Å²) in [5.74, 6) is 1.36. The fourth-order valence-electron chi connectivity index (χ4n) is 3.60. The first kappa shape index (κ1) is 18.5. The highest BCUT2D eigenvalue weighted by molar-refractivity contribution is 5.94. The molecule has 0 spiro atoms. The summed E-state index contributed by atoms with van der Waals surface area (Å²) in [4.78, 5) is 15.3. The monoisotopic (exact) mass is 378 g/mol. The average Bonchev–Trinajstić information content (AvgIpc) is 3.36. The number of likely N-dealkylation sites (tertiary alicyclic amines) is 1. The van der Waals surface area contributed by atoms with E-state index in [1.165, 1.54) is 19.3 Å². The van der Waals surface area contributed by atoms with Gasteiger partial charge < -0.3 is 14.6 Å². The van der Waals surface area contributed by atoms with E-state index in [1.807, 2.05) is 49.4 Å². The minimum Gasteiger partial charge on any atom is -0.460 e. The minimum atomic E-state index is -0.122. The highest BCUT2D eigenvalue weighted by atomic mass is 16.3. The number of amides is 1. The molecule has 146 valence electrons. The predicted octanol–water partition coefficient (Wildman–Crippen LogP) is 3.66. The van der Waals surface area contributed by atoms with Crippen molar-refractivity contribution in [2.24, 2.45) is 0 Å². The van der Waals surface area contributed by atoms with Crippen LogP contribution in [0.25, 0.3) is 17.1 Å². The van der Waals surface area contributed by atoms with Crippen molar-refractivity contribution in [3.8, 4) is 17.1 Å². The highest BCUT2D eigenvalue weighted by Gasteiger charge is 2.19. The molecular weight excluding hydrogens is 352 g/mol. The third-order valence-corrected chi connectivity index (χ3v) is 5.10. The number of rotatable bonds is 6. The molecule has 2 aromatic heterocycles. The Hall–Kier alpha value is -2.86. The summed E-state index contributed by atoms with van der Waals surface area (Å²) in [5.41, 5.74) is 2.00. The molecule has 0 radical (unpaired) electrons. The zero-order chi connectivity index (χ0) is 19.3. The van der Waals surface area contributed by atoms with Crippen molar-refractivity contribution in [3.63, 3.8) is 0 Å². The van der Waals surface area contributed by atoms with E-state index in [0.29, 0.717) is 23.7 Å². The molecule has 1 aliphatic heterocycles. The number of hydrogen-bond donors (Lipinski definition) is 1. The second-order valence-electron chi connectivity index (χ2n) is 7.23. The van der Waals surface area contributed by atoms with Crippen LogP contribution in [0.5, 0.6) is 0 Å². The molecule has 3 heterocycles. The Morgan fingerprint density at radius 2 is 1.89 bits per heavy atom. The van der Waals surface area contributed by atoms with Crippen LogP contribution < -0.4 is 5.32 Å². The number of nitrogens with one attached hydrogen (secondary N) is 1. The molecule has 0 saturated carbocycles. The maximum absolute atomic E-state index is 12.9. The van der Waals surface area contributed by atoms with Crippen LogP contribution in [0.15, 0.2) is 52.9 Å². The van der Waals surface area contributed by atoms with Gasteiger partial charge in [0.15, 0.2) is 5.76 Å². The van der Waals surface area contributed by atoms with Crippen LogP contribution in [0.1, 0.15) is 35.5 Å². The van der Waals surface area contributed by atoms with E-state index in [1.54, 1.807) is 10.7 Å². The van der Waals surface area contributed by atoms with Gasteiger partial charge in [0.1, 0.15) is 17.1 Å². The molecule has 1 fully saturated rings. The van der Waals surface area contributed by atoms with E-state index < -0.39 is 0 Å². The minimum absolute atomic E-state index is 0.122. The molecule has 1 N–H and O–H groups in total. The maximum Gasteiger partial charge on any atom is 0.270 e. The summed E-state index contributed by atoms with van der Waals surface area (Å²) in [6.45, 7) is 5.66. The van der Waals surface area contributed by atoms with E-state index in [4.69, 9.17) is 4.42 Å². The number of hydrogen-bond acceptors (Lipinski definition) is 4. The van der Waals surface area contributed by atoms with Gasteiger partial charge >= 0.3 is 0 Å². The van der Waals surface area contributed by atoms with E-state index in [-0.39, 0.29) is 5.91 Å². The molecule has 1 aromatic carbocycles. The van der Waals surface area contributed by atoms with Crippen molar-refractivity contribution >= 4 is 5.91 Å². The van der Waals surface area contributed by atoms with Crippen LogP contribution in [0.3, 0.4) is 0 Å². The number of para-hydroxylation sites is 1. The van der Waals surface area contributed by atoms with Gasteiger partial charge in [0, 0.05) is 19.2 Å². The number of carbonyl (C=O) groups is 1. The van der Waals surface area contributed by atoms with Gasteiger partial charge in [-0.15, -0.1) is 0 Å². The number of nitrogens with zero attached hydrogens (tertiary/aromatic N) is 3. The number of aryl methyl sites for hydroxylation is 1. The van der Waals surface area contributed by atoms with Crippen LogP contribution in [0, 0.1) is 6.92 Å². The fraction of sp³-hybridized carbons (Fsp3) is 0.364. The van der Waals surface area contributed by atoms with E-state index in [2.05, 4.69) is 15.3 Å². The number of carbonyl (C=O) groups excluding carboxylic acids is 1. The van der Waals surface area contributed by atoms with Crippen LogP contribution in [-0.4, -0.2) is 46.8 Å². The number of benzene rings is 1. The lowest BCUT2D eigenvalue weighted by Gasteiger charge is -2.26. The first-order valence-corrected chi connectivity index (χ1v) is 9.93. The lowest BCUT2D eigenvalue weighted by atomic mass is 10.1. The van der Waals surface area contributed by atoms with Crippen LogP contribution in [0.4, 0.5) is 0 Å². The number of piperidine rings is 1. The lowest BCUT2D eigenvalue weighted by Crippen LogP contribution is -2.38. The Kier molecular flexibility index (Phi) is 5.58. The van der Waals surface area contributed by atoms with Gasteiger partial charge in [-0.05, 0) is 57.1 Å². The molecule has 0 atom stereocenters. The Labute approximate surface area is 165 Å². The molecule has 3 aromatic rings. The van der Waals surface area contributed by atoms with Crippen molar-refractivity contribution in [3.05, 3.63) is 60.0 Å². The Morgan fingerprint density at radius 3 is 2.61 bits per heavy atom. The Balaban J connectivity index is 1.53. The van der Waals surface area contributed by atoms with Gasteiger partial charge in [0.2, 0.25) is 0 Å². The van der Waals surface area contributed by atoms with Crippen molar-refractivity contribution in [1.82, 2.24) is 20.0 Å². The van der Waals surface area contributed by atoms with Crippen molar-refractivity contribution in [1.29, 1.82) is 0 Å². The van der Waals surface area contributed by atoms with Gasteiger partial charge in [-0.1, -0.05) is 24.6 Å². The molecular formula is C22H26N4O2. The van der Waals surface area contributed by atoms with Gasteiger partial charge in [0.25, 0.3) is 5.91 Å². The van der Waals surface area contributed by atoms with E-state index in [0.717, 1.165) is 31.1 Å². The average molecular weight is 378 g/mol. The van der Waals surface area contributed by atoms with Crippen molar-refractivity contribution < 1.29 is 9.21 Å². The second-order valence-corrected chi connectivity index (χ2v) is 7.23. The van der Waals surface area contributed by atoms with Gasteiger partial charge in [-0.2, -0.15) is 5.10 Å². The smallest absolute Gasteiger partial charge is 0.270 e. The Bertz CT molecular complexity index is 923. The first-order chi connectivity index (χ1) is 13.7. The maximum atomic E-state index is 12.9. The summed E-state index contributed by atoms with van der Waals surface area (Å²) >= 11 is 0. The quantitative estimate of drug-likeness (QED) is 0.711. The number of furan rings is 1. The third kappa shape index (κ3) is 4.17. The van der Waals surface area contributed by atoms with Crippen LogP contribution in [-0.2, 0) is 0 Å². The summed E-state index contributed by atoms with van der Waals surface area (Å²) < 4.78 is 7.38. The molecule has 28 heavy (non-hydrogen) atoms. The molecule has 6 heteroatoms. The van der Waals surface area contributed by atoms with Gasteiger partial charge in [-0.25, -0.2) is 4.68 Å². The summed E-state index contributed by atoms with van der Waals surface area (Å²) in [6.07, 6.45) is 3.81. The van der Waals surface area contributed by atoms with Crippen LogP contribution in [0.2, 0.25) is 0 Å². The van der Waals surface area contributed by atoms with Gasteiger partial charge in [0.05, 0.1) is 5.69 Å². The molecule has 6 nitrogen and oxygen atoms in total. The highest BCUT2D eigenvalue weighted by Crippen LogP contribution is 2.23. The first-order valence-electron chi connectivity index (χ1n) is 9.93. The topological polar surface area (TPSA) is 63.3 Å². The third-order valence-electron chi connectivity index (χ3n) is 5.10. The zero-order valence-corrected chi connectivity index (χ0v) is 16.2. The largest absolute Gasteiger partial charge is 0.460 e. The van der Waals surface area contributed by atoms with Crippen molar-refractivity contribution in [2.45, 2.75) is 26.2 Å². The molecule has 1 saturated heterocycles. The fourth-order valence-corrected chi connectivity index (χ4v) is 3.60. The molecule has 4 rings (SSSR count). The van der Waals surface area contributed by atoms with Crippen LogP contribution >= 0.6 is 0 Å². The van der Waals surface area contributed by atoms with Gasteiger partial charge in [-0.3, -0.25) is 4.79 Å². The second kappa shape index (κ2) is 8.44. The summed E-state index contributed by atoms with van der Waals surface area (Å²) in [7, 11) is 0.